The number of rotatable bonds is 5. The minimum Gasteiger partial charge on any atom is -0.496 e. The van der Waals surface area contributed by atoms with Crippen LogP contribution in [0, 0.1) is 0 Å². The Labute approximate surface area is 142 Å². The maximum absolute atomic E-state index is 11.9. The minimum atomic E-state index is -1.61. The molecule has 0 bridgehead atoms. The highest BCUT2D eigenvalue weighted by molar-refractivity contribution is 5.52. The van der Waals surface area contributed by atoms with Gasteiger partial charge in [0.1, 0.15) is 17.1 Å². The lowest BCUT2D eigenvalue weighted by atomic mass is 9.71. The maximum atomic E-state index is 11.9. The molecule has 24 heavy (non-hydrogen) atoms. The van der Waals surface area contributed by atoms with E-state index in [1.165, 1.54) is 0 Å². The Balaban J connectivity index is 2.29. The Morgan fingerprint density at radius 3 is 1.67 bits per heavy atom. The van der Waals surface area contributed by atoms with Crippen LogP contribution in [0.15, 0.2) is 48.5 Å². The number of hydrogen-bond acceptors (Lipinski definition) is 4. The van der Waals surface area contributed by atoms with Gasteiger partial charge < -0.3 is 19.7 Å². The third-order valence-electron chi connectivity index (χ3n) is 5.10. The normalized spacial score (nSPS) is 16.8. The van der Waals surface area contributed by atoms with Crippen molar-refractivity contribution in [3.05, 3.63) is 59.7 Å². The van der Waals surface area contributed by atoms with Crippen LogP contribution in [0.2, 0.25) is 0 Å². The Bertz CT molecular complexity index is 657. The monoisotopic (exact) mass is 328 g/mol. The van der Waals surface area contributed by atoms with E-state index < -0.39 is 11.2 Å². The van der Waals surface area contributed by atoms with Crippen LogP contribution in [0.3, 0.4) is 0 Å². The van der Waals surface area contributed by atoms with E-state index in [0.717, 1.165) is 12.8 Å². The highest BCUT2D eigenvalue weighted by Crippen LogP contribution is 2.52. The molecule has 0 radical (unpaired) electrons. The average molecular weight is 328 g/mol. The Kier molecular flexibility index (Phi) is 4.52. The summed E-state index contributed by atoms with van der Waals surface area (Å²) >= 11 is 0. The molecular weight excluding hydrogens is 304 g/mol. The summed E-state index contributed by atoms with van der Waals surface area (Å²) < 4.78 is 11.0. The van der Waals surface area contributed by atoms with Gasteiger partial charge >= 0.3 is 0 Å². The van der Waals surface area contributed by atoms with Crippen LogP contribution in [0.25, 0.3) is 0 Å². The van der Waals surface area contributed by atoms with Crippen LogP contribution in [0.5, 0.6) is 11.5 Å². The fourth-order valence-electron chi connectivity index (χ4n) is 3.86. The van der Waals surface area contributed by atoms with Crippen molar-refractivity contribution >= 4 is 0 Å². The second-order valence-electron chi connectivity index (χ2n) is 6.35. The molecule has 128 valence electrons. The van der Waals surface area contributed by atoms with E-state index in [9.17, 15) is 10.2 Å². The predicted octanol–water partition coefficient (Wildman–Crippen LogP) is 3.24. The summed E-state index contributed by atoms with van der Waals surface area (Å²) in [5.74, 6) is 1.09. The summed E-state index contributed by atoms with van der Waals surface area (Å²) in [5.41, 5.74) is -1.76. The molecule has 0 saturated heterocycles. The van der Waals surface area contributed by atoms with Crippen molar-refractivity contribution in [2.45, 2.75) is 36.9 Å². The van der Waals surface area contributed by atoms with Crippen molar-refractivity contribution in [1.29, 1.82) is 0 Å². The molecule has 1 aliphatic rings. The second-order valence-corrected chi connectivity index (χ2v) is 6.35. The van der Waals surface area contributed by atoms with Crippen LogP contribution in [-0.4, -0.2) is 30.0 Å². The van der Waals surface area contributed by atoms with Gasteiger partial charge in [0, 0.05) is 11.1 Å². The van der Waals surface area contributed by atoms with E-state index in [-0.39, 0.29) is 0 Å². The molecule has 4 heteroatoms. The number of hydrogen-bond donors (Lipinski definition) is 2. The van der Waals surface area contributed by atoms with Gasteiger partial charge in [-0.15, -0.1) is 0 Å². The molecule has 0 spiro atoms. The van der Waals surface area contributed by atoms with E-state index in [0.29, 0.717) is 35.5 Å². The summed E-state index contributed by atoms with van der Waals surface area (Å²) in [4.78, 5) is 0. The lowest BCUT2D eigenvalue weighted by molar-refractivity contribution is -0.130. The smallest absolute Gasteiger partial charge is 0.150 e. The van der Waals surface area contributed by atoms with Gasteiger partial charge in [-0.3, -0.25) is 0 Å². The van der Waals surface area contributed by atoms with Gasteiger partial charge in [-0.1, -0.05) is 49.2 Å². The number of benzene rings is 2. The quantitative estimate of drug-likeness (QED) is 0.884. The standard InChI is InChI=1S/C20H24O4/c1-23-17-11-5-3-9-15(17)20(22,19(21)13-7-8-14-19)16-10-4-6-12-18(16)24-2/h3-6,9-12,21-22H,7-8,13-14H2,1-2H3. The third-order valence-corrected chi connectivity index (χ3v) is 5.10. The molecular formula is C20H24O4. The van der Waals surface area contributed by atoms with Crippen LogP contribution in [-0.2, 0) is 5.60 Å². The van der Waals surface area contributed by atoms with E-state index in [1.54, 1.807) is 26.4 Å². The second kappa shape index (κ2) is 6.46. The first-order chi connectivity index (χ1) is 11.6. The van der Waals surface area contributed by atoms with Gasteiger partial charge in [0.25, 0.3) is 0 Å². The van der Waals surface area contributed by atoms with Crippen LogP contribution >= 0.6 is 0 Å². The van der Waals surface area contributed by atoms with Crippen LogP contribution in [0.4, 0.5) is 0 Å². The van der Waals surface area contributed by atoms with Crippen LogP contribution in [0.1, 0.15) is 36.8 Å². The van der Waals surface area contributed by atoms with Crippen molar-refractivity contribution in [1.82, 2.24) is 0 Å². The molecule has 3 rings (SSSR count). The molecule has 1 fully saturated rings. The van der Waals surface area contributed by atoms with Crippen molar-refractivity contribution in [3.63, 3.8) is 0 Å². The van der Waals surface area contributed by atoms with Gasteiger partial charge in [-0.05, 0) is 25.0 Å². The molecule has 1 aliphatic carbocycles. The summed E-state index contributed by atoms with van der Waals surface area (Å²) in [6.07, 6.45) is 2.81. The number of methoxy groups -OCH3 is 2. The fraction of sp³-hybridized carbons (Fsp3) is 0.400. The topological polar surface area (TPSA) is 58.9 Å². The molecule has 2 N–H and O–H groups in total. The first-order valence-corrected chi connectivity index (χ1v) is 8.28. The lowest BCUT2D eigenvalue weighted by Gasteiger charge is -2.43. The lowest BCUT2D eigenvalue weighted by Crippen LogP contribution is -2.51. The summed E-state index contributed by atoms with van der Waals surface area (Å²) in [6.45, 7) is 0. The number of para-hydroxylation sites is 2. The van der Waals surface area contributed by atoms with E-state index >= 15 is 0 Å². The molecule has 0 heterocycles. The fourth-order valence-corrected chi connectivity index (χ4v) is 3.86. The molecule has 0 aromatic heterocycles. The van der Waals surface area contributed by atoms with Crippen LogP contribution < -0.4 is 9.47 Å². The first kappa shape index (κ1) is 16.8. The summed E-state index contributed by atoms with van der Waals surface area (Å²) in [6, 6.07) is 14.6. The van der Waals surface area contributed by atoms with Gasteiger partial charge in [0.2, 0.25) is 0 Å². The van der Waals surface area contributed by atoms with E-state index in [4.69, 9.17) is 9.47 Å². The SMILES string of the molecule is COc1ccccc1C(O)(c1ccccc1OC)C1(O)CCCC1. The zero-order chi connectivity index (χ0) is 17.2. The van der Waals surface area contributed by atoms with Gasteiger partial charge in [-0.2, -0.15) is 0 Å². The molecule has 2 aromatic rings. The maximum Gasteiger partial charge on any atom is 0.150 e. The predicted molar refractivity (Wildman–Crippen MR) is 92.4 cm³/mol. The first-order valence-electron chi connectivity index (χ1n) is 8.28. The molecule has 0 aliphatic heterocycles. The number of aliphatic hydroxyl groups is 2. The van der Waals surface area contributed by atoms with Crippen molar-refractivity contribution < 1.29 is 19.7 Å². The third kappa shape index (κ3) is 2.46. The van der Waals surface area contributed by atoms with Gasteiger partial charge in [-0.25, -0.2) is 0 Å². The Morgan fingerprint density at radius 2 is 1.25 bits per heavy atom. The average Bonchev–Trinajstić information content (AvgIpc) is 3.09. The Hall–Kier alpha value is -2.04. The molecule has 0 amide bonds. The highest BCUT2D eigenvalue weighted by Gasteiger charge is 2.55. The Morgan fingerprint density at radius 1 is 0.833 bits per heavy atom. The van der Waals surface area contributed by atoms with E-state index in [1.807, 2.05) is 36.4 Å². The number of ether oxygens (including phenoxy) is 2. The highest BCUT2D eigenvalue weighted by atomic mass is 16.5. The van der Waals surface area contributed by atoms with Crippen molar-refractivity contribution in [3.8, 4) is 11.5 Å². The summed E-state index contributed by atoms with van der Waals surface area (Å²) in [7, 11) is 3.14. The summed E-state index contributed by atoms with van der Waals surface area (Å²) in [5, 5.41) is 23.3. The van der Waals surface area contributed by atoms with E-state index in [2.05, 4.69) is 0 Å². The molecule has 0 atom stereocenters. The molecule has 1 saturated carbocycles. The van der Waals surface area contributed by atoms with Crippen molar-refractivity contribution in [2.75, 3.05) is 14.2 Å². The zero-order valence-electron chi connectivity index (χ0n) is 14.2. The minimum absolute atomic E-state index is 0.527. The molecule has 4 nitrogen and oxygen atoms in total. The van der Waals surface area contributed by atoms with Gasteiger partial charge in [0.15, 0.2) is 5.60 Å². The molecule has 2 aromatic carbocycles. The molecule has 0 unspecified atom stereocenters. The zero-order valence-corrected chi connectivity index (χ0v) is 14.2. The van der Waals surface area contributed by atoms with Gasteiger partial charge in [0.05, 0.1) is 14.2 Å². The largest absolute Gasteiger partial charge is 0.496 e. The van der Waals surface area contributed by atoms with Crippen molar-refractivity contribution in [2.24, 2.45) is 0 Å².